The molecule has 0 radical (unpaired) electrons. The second-order valence-electron chi connectivity index (χ2n) is 4.42. The van der Waals surface area contributed by atoms with Gasteiger partial charge in [0.05, 0.1) is 5.56 Å². The normalized spacial score (nSPS) is 16.3. The van der Waals surface area contributed by atoms with Gasteiger partial charge in [-0.15, -0.1) is 0 Å². The molecule has 7 heteroatoms. The lowest BCUT2D eigenvalue weighted by atomic mass is 10.2. The number of carbonyl (C=O) groups excluding carboxylic acids is 2. The van der Waals surface area contributed by atoms with Gasteiger partial charge in [-0.3, -0.25) is 9.59 Å². The highest BCUT2D eigenvalue weighted by molar-refractivity contribution is 7.90. The van der Waals surface area contributed by atoms with E-state index in [1.54, 1.807) is 26.2 Å². The molecule has 0 unspecified atom stereocenters. The summed E-state index contributed by atoms with van der Waals surface area (Å²) in [5.74, 6) is -0.791. The second-order valence-corrected chi connectivity index (χ2v) is 6.25. The molecule has 1 aliphatic heterocycles. The van der Waals surface area contributed by atoms with Crippen LogP contribution in [0, 0.1) is 0 Å². The second kappa shape index (κ2) is 4.65. The standard InChI is InChI=1S/C12H14N2O4S/c1-13(2)11(15)7-8-14-12(16)9-5-3-4-6-10(9)19(14,17)18/h3-6H,7-8H2,1-2H3. The summed E-state index contributed by atoms with van der Waals surface area (Å²) in [6.45, 7) is -0.132. The summed E-state index contributed by atoms with van der Waals surface area (Å²) in [6, 6.07) is 6.05. The third kappa shape index (κ3) is 2.21. The van der Waals surface area contributed by atoms with E-state index >= 15 is 0 Å². The lowest BCUT2D eigenvalue weighted by Crippen LogP contribution is -2.34. The quantitative estimate of drug-likeness (QED) is 0.799. The molecule has 0 fully saturated rings. The summed E-state index contributed by atoms with van der Waals surface area (Å²) >= 11 is 0. The molecule has 0 N–H and O–H groups in total. The van der Waals surface area contributed by atoms with Gasteiger partial charge in [-0.1, -0.05) is 12.1 Å². The highest BCUT2D eigenvalue weighted by atomic mass is 32.2. The van der Waals surface area contributed by atoms with Crippen LogP contribution < -0.4 is 0 Å². The number of amides is 2. The lowest BCUT2D eigenvalue weighted by molar-refractivity contribution is -0.128. The smallest absolute Gasteiger partial charge is 0.269 e. The maximum absolute atomic E-state index is 12.2. The predicted octanol–water partition coefficient (Wildman–Crippen LogP) is 0.309. The van der Waals surface area contributed by atoms with Crippen LogP contribution in [-0.4, -0.2) is 50.1 Å². The summed E-state index contributed by atoms with van der Waals surface area (Å²) in [7, 11) is -0.642. The number of hydrogen-bond donors (Lipinski definition) is 0. The fourth-order valence-electron chi connectivity index (χ4n) is 1.87. The fourth-order valence-corrected chi connectivity index (χ4v) is 3.44. The fraction of sp³-hybridized carbons (Fsp3) is 0.333. The van der Waals surface area contributed by atoms with Crippen molar-refractivity contribution in [1.82, 2.24) is 9.21 Å². The highest BCUT2D eigenvalue weighted by Gasteiger charge is 2.40. The molecule has 0 atom stereocenters. The van der Waals surface area contributed by atoms with Crippen LogP contribution in [0.3, 0.4) is 0 Å². The third-order valence-corrected chi connectivity index (χ3v) is 4.78. The Kier molecular flexibility index (Phi) is 3.32. The molecule has 1 heterocycles. The Hall–Kier alpha value is -1.89. The number of sulfonamides is 1. The molecule has 2 amide bonds. The molecule has 1 aromatic carbocycles. The topological polar surface area (TPSA) is 74.8 Å². The van der Waals surface area contributed by atoms with Crippen molar-refractivity contribution in [3.8, 4) is 0 Å². The van der Waals surface area contributed by atoms with Crippen molar-refractivity contribution in [3.63, 3.8) is 0 Å². The van der Waals surface area contributed by atoms with Gasteiger partial charge in [0.2, 0.25) is 5.91 Å². The largest absolute Gasteiger partial charge is 0.349 e. The van der Waals surface area contributed by atoms with E-state index in [1.165, 1.54) is 17.0 Å². The van der Waals surface area contributed by atoms with Crippen molar-refractivity contribution in [2.75, 3.05) is 20.6 Å². The Labute approximate surface area is 111 Å². The first-order valence-corrected chi connectivity index (χ1v) is 7.16. The lowest BCUT2D eigenvalue weighted by Gasteiger charge is -2.16. The molecular weight excluding hydrogens is 268 g/mol. The minimum atomic E-state index is -3.80. The van der Waals surface area contributed by atoms with Crippen molar-refractivity contribution in [2.24, 2.45) is 0 Å². The van der Waals surface area contributed by atoms with Gasteiger partial charge in [-0.25, -0.2) is 12.7 Å². The Bertz CT molecular complexity index is 637. The van der Waals surface area contributed by atoms with Gasteiger partial charge in [0, 0.05) is 27.1 Å². The molecule has 0 aromatic heterocycles. The zero-order chi connectivity index (χ0) is 14.2. The Morgan fingerprint density at radius 1 is 1.26 bits per heavy atom. The van der Waals surface area contributed by atoms with Crippen molar-refractivity contribution in [3.05, 3.63) is 29.8 Å². The van der Waals surface area contributed by atoms with E-state index in [0.717, 1.165) is 4.31 Å². The van der Waals surface area contributed by atoms with Crippen LogP contribution in [0.5, 0.6) is 0 Å². The molecular formula is C12H14N2O4S. The number of nitrogens with zero attached hydrogens (tertiary/aromatic N) is 2. The first-order valence-electron chi connectivity index (χ1n) is 5.72. The average molecular weight is 282 g/mol. The van der Waals surface area contributed by atoms with Crippen LogP contribution in [0.15, 0.2) is 29.2 Å². The molecule has 102 valence electrons. The molecule has 1 aliphatic rings. The van der Waals surface area contributed by atoms with E-state index in [4.69, 9.17) is 0 Å². The third-order valence-electron chi connectivity index (χ3n) is 2.94. The first kappa shape index (κ1) is 13.5. The SMILES string of the molecule is CN(C)C(=O)CCN1C(=O)c2ccccc2S1(=O)=O. The molecule has 2 rings (SSSR count). The molecule has 0 spiro atoms. The summed E-state index contributed by atoms with van der Waals surface area (Å²) in [6.07, 6.45) is -0.0219. The number of fused-ring (bicyclic) bond motifs is 1. The molecule has 6 nitrogen and oxygen atoms in total. The summed E-state index contributed by atoms with van der Waals surface area (Å²) in [5, 5.41) is 0. The molecule has 0 saturated heterocycles. The van der Waals surface area contributed by atoms with Gasteiger partial charge in [-0.2, -0.15) is 0 Å². The summed E-state index contributed by atoms with van der Waals surface area (Å²) in [5.41, 5.74) is 0.166. The van der Waals surface area contributed by atoms with Crippen LogP contribution >= 0.6 is 0 Å². The van der Waals surface area contributed by atoms with E-state index in [0.29, 0.717) is 0 Å². The van der Waals surface area contributed by atoms with Crippen LogP contribution in [-0.2, 0) is 14.8 Å². The van der Waals surface area contributed by atoms with Gasteiger partial charge in [0.25, 0.3) is 15.9 Å². The van der Waals surface area contributed by atoms with Crippen molar-refractivity contribution in [2.45, 2.75) is 11.3 Å². The Morgan fingerprint density at radius 2 is 1.89 bits per heavy atom. The first-order chi connectivity index (χ1) is 8.85. The van der Waals surface area contributed by atoms with E-state index < -0.39 is 15.9 Å². The molecule has 0 bridgehead atoms. The van der Waals surface area contributed by atoms with E-state index in [2.05, 4.69) is 0 Å². The number of benzene rings is 1. The van der Waals surface area contributed by atoms with Gasteiger partial charge in [0.15, 0.2) is 0 Å². The highest BCUT2D eigenvalue weighted by Crippen LogP contribution is 2.29. The maximum atomic E-state index is 12.2. The summed E-state index contributed by atoms with van der Waals surface area (Å²) in [4.78, 5) is 24.9. The van der Waals surface area contributed by atoms with E-state index in [-0.39, 0.29) is 29.3 Å². The van der Waals surface area contributed by atoms with Gasteiger partial charge in [-0.05, 0) is 12.1 Å². The van der Waals surface area contributed by atoms with Crippen molar-refractivity contribution in [1.29, 1.82) is 0 Å². The van der Waals surface area contributed by atoms with Crippen LogP contribution in [0.4, 0.5) is 0 Å². The number of rotatable bonds is 3. The van der Waals surface area contributed by atoms with Gasteiger partial charge in [0.1, 0.15) is 4.90 Å². The van der Waals surface area contributed by atoms with Crippen LogP contribution in [0.2, 0.25) is 0 Å². The zero-order valence-corrected chi connectivity index (χ0v) is 11.5. The van der Waals surface area contributed by atoms with Crippen molar-refractivity contribution < 1.29 is 18.0 Å². The number of hydrogen-bond acceptors (Lipinski definition) is 4. The molecule has 1 aromatic rings. The Morgan fingerprint density at radius 3 is 2.47 bits per heavy atom. The molecule has 0 aliphatic carbocycles. The van der Waals surface area contributed by atoms with Crippen molar-refractivity contribution >= 4 is 21.8 Å². The maximum Gasteiger partial charge on any atom is 0.269 e. The minimum absolute atomic E-state index is 0.0114. The van der Waals surface area contributed by atoms with Gasteiger partial charge >= 0.3 is 0 Å². The molecule has 0 saturated carbocycles. The number of carbonyl (C=O) groups is 2. The predicted molar refractivity (Wildman–Crippen MR) is 68.0 cm³/mol. The monoisotopic (exact) mass is 282 g/mol. The van der Waals surface area contributed by atoms with Crippen LogP contribution in [0.1, 0.15) is 16.8 Å². The summed E-state index contributed by atoms with van der Waals surface area (Å²) < 4.78 is 25.1. The Balaban J connectivity index is 2.26. The van der Waals surface area contributed by atoms with E-state index in [9.17, 15) is 18.0 Å². The van der Waals surface area contributed by atoms with Gasteiger partial charge < -0.3 is 4.90 Å². The average Bonchev–Trinajstić information content (AvgIpc) is 2.56. The minimum Gasteiger partial charge on any atom is -0.349 e. The van der Waals surface area contributed by atoms with Crippen LogP contribution in [0.25, 0.3) is 0 Å². The zero-order valence-electron chi connectivity index (χ0n) is 10.7. The van der Waals surface area contributed by atoms with E-state index in [1.807, 2.05) is 0 Å². The molecule has 19 heavy (non-hydrogen) atoms.